The number of hydrogen-bond donors (Lipinski definition) is 1. The molecule has 0 fully saturated rings. The highest BCUT2D eigenvalue weighted by Crippen LogP contribution is 2.23. The SMILES string of the molecule is COc1ccccc1NC(=O)Cc1nc(COC(=O)c2sccc2C)cs1. The van der Waals surface area contributed by atoms with Gasteiger partial charge in [-0.15, -0.1) is 22.7 Å². The van der Waals surface area contributed by atoms with E-state index in [9.17, 15) is 9.59 Å². The minimum absolute atomic E-state index is 0.0841. The first-order chi connectivity index (χ1) is 13.1. The highest BCUT2D eigenvalue weighted by Gasteiger charge is 2.14. The summed E-state index contributed by atoms with van der Waals surface area (Å²) in [6, 6.07) is 9.09. The normalized spacial score (nSPS) is 10.4. The zero-order valence-corrected chi connectivity index (χ0v) is 16.5. The van der Waals surface area contributed by atoms with Crippen LogP contribution in [0.5, 0.6) is 5.75 Å². The van der Waals surface area contributed by atoms with Crippen molar-refractivity contribution in [3.63, 3.8) is 0 Å². The third kappa shape index (κ3) is 4.93. The summed E-state index contributed by atoms with van der Waals surface area (Å²) in [6.45, 7) is 1.95. The van der Waals surface area contributed by atoms with E-state index < -0.39 is 0 Å². The highest BCUT2D eigenvalue weighted by molar-refractivity contribution is 7.12. The van der Waals surface area contributed by atoms with Gasteiger partial charge in [0.05, 0.1) is 24.9 Å². The molecule has 140 valence electrons. The zero-order valence-electron chi connectivity index (χ0n) is 14.9. The Kier molecular flexibility index (Phi) is 6.20. The van der Waals surface area contributed by atoms with Gasteiger partial charge in [-0.2, -0.15) is 0 Å². The van der Waals surface area contributed by atoms with Crippen molar-refractivity contribution >= 4 is 40.2 Å². The smallest absolute Gasteiger partial charge is 0.348 e. The number of thiazole rings is 1. The molecular weight excluding hydrogens is 384 g/mol. The van der Waals surface area contributed by atoms with Crippen LogP contribution in [0.25, 0.3) is 0 Å². The van der Waals surface area contributed by atoms with E-state index in [1.807, 2.05) is 30.5 Å². The number of aromatic nitrogens is 1. The van der Waals surface area contributed by atoms with Crippen molar-refractivity contribution < 1.29 is 19.1 Å². The van der Waals surface area contributed by atoms with Crippen molar-refractivity contribution in [1.29, 1.82) is 0 Å². The molecule has 1 aromatic carbocycles. The van der Waals surface area contributed by atoms with Crippen molar-refractivity contribution in [1.82, 2.24) is 4.98 Å². The fourth-order valence-corrected chi connectivity index (χ4v) is 3.96. The molecule has 0 aliphatic heterocycles. The Hall–Kier alpha value is -2.71. The predicted octanol–water partition coefficient (Wildman–Crippen LogP) is 4.06. The minimum Gasteiger partial charge on any atom is -0.495 e. The number of amides is 1. The fraction of sp³-hybridized carbons (Fsp3) is 0.211. The average molecular weight is 402 g/mol. The Morgan fingerprint density at radius 1 is 1.19 bits per heavy atom. The first kappa shape index (κ1) is 19.1. The van der Waals surface area contributed by atoms with Gasteiger partial charge in [0, 0.05) is 5.38 Å². The number of rotatable bonds is 7. The van der Waals surface area contributed by atoms with Gasteiger partial charge in [0.25, 0.3) is 0 Å². The maximum absolute atomic E-state index is 12.2. The molecule has 3 rings (SSSR count). The van der Waals surface area contributed by atoms with Gasteiger partial charge >= 0.3 is 5.97 Å². The third-order valence-corrected chi connectivity index (χ3v) is 5.58. The summed E-state index contributed by atoms with van der Waals surface area (Å²) >= 11 is 2.71. The van der Waals surface area contributed by atoms with Crippen molar-refractivity contribution in [2.45, 2.75) is 20.0 Å². The summed E-state index contributed by atoms with van der Waals surface area (Å²) < 4.78 is 10.5. The number of anilines is 1. The lowest BCUT2D eigenvalue weighted by molar-refractivity contribution is -0.115. The van der Waals surface area contributed by atoms with Gasteiger partial charge in [-0.1, -0.05) is 12.1 Å². The van der Waals surface area contributed by atoms with E-state index in [-0.39, 0.29) is 24.9 Å². The van der Waals surface area contributed by atoms with E-state index in [0.717, 1.165) is 5.56 Å². The molecule has 0 unspecified atom stereocenters. The predicted molar refractivity (Wildman–Crippen MR) is 106 cm³/mol. The number of methoxy groups -OCH3 is 1. The Morgan fingerprint density at radius 3 is 2.74 bits per heavy atom. The van der Waals surface area contributed by atoms with Gasteiger partial charge in [0.1, 0.15) is 22.2 Å². The quantitative estimate of drug-likeness (QED) is 0.603. The van der Waals surface area contributed by atoms with Crippen LogP contribution in [-0.2, 0) is 22.6 Å². The number of benzene rings is 1. The molecule has 0 saturated carbocycles. The van der Waals surface area contributed by atoms with Crippen LogP contribution < -0.4 is 10.1 Å². The van der Waals surface area contributed by atoms with Crippen LogP contribution in [0.1, 0.15) is 25.9 Å². The number of para-hydroxylation sites is 2. The molecule has 6 nitrogen and oxygen atoms in total. The van der Waals surface area contributed by atoms with Crippen LogP contribution in [0.15, 0.2) is 41.1 Å². The molecule has 2 heterocycles. The second kappa shape index (κ2) is 8.79. The van der Waals surface area contributed by atoms with Crippen LogP contribution in [0, 0.1) is 6.92 Å². The van der Waals surface area contributed by atoms with Crippen molar-refractivity contribution in [3.05, 3.63) is 62.2 Å². The van der Waals surface area contributed by atoms with E-state index in [1.165, 1.54) is 22.7 Å². The maximum Gasteiger partial charge on any atom is 0.348 e. The fourth-order valence-electron chi connectivity index (χ4n) is 2.36. The summed E-state index contributed by atoms with van der Waals surface area (Å²) in [5.74, 6) is 0.0547. The lowest BCUT2D eigenvalue weighted by Gasteiger charge is -2.08. The van der Waals surface area contributed by atoms with Gasteiger partial charge in [0.2, 0.25) is 5.91 Å². The van der Waals surface area contributed by atoms with Crippen LogP contribution in [0.2, 0.25) is 0 Å². The van der Waals surface area contributed by atoms with E-state index >= 15 is 0 Å². The molecule has 0 bridgehead atoms. The van der Waals surface area contributed by atoms with E-state index in [2.05, 4.69) is 10.3 Å². The molecule has 0 radical (unpaired) electrons. The molecular formula is C19H18N2O4S2. The first-order valence-electron chi connectivity index (χ1n) is 8.14. The lowest BCUT2D eigenvalue weighted by atomic mass is 10.3. The molecule has 0 aliphatic rings. The summed E-state index contributed by atoms with van der Waals surface area (Å²) in [4.78, 5) is 29.2. The second-order valence-corrected chi connectivity index (χ2v) is 7.53. The number of nitrogens with one attached hydrogen (secondary N) is 1. The number of hydrogen-bond acceptors (Lipinski definition) is 7. The van der Waals surface area contributed by atoms with Gasteiger partial charge in [-0.3, -0.25) is 4.79 Å². The molecule has 0 atom stereocenters. The maximum atomic E-state index is 12.2. The van der Waals surface area contributed by atoms with Gasteiger partial charge in [-0.25, -0.2) is 9.78 Å². The summed E-state index contributed by atoms with van der Waals surface area (Å²) in [5.41, 5.74) is 2.14. The topological polar surface area (TPSA) is 77.5 Å². The first-order valence-corrected chi connectivity index (χ1v) is 9.90. The average Bonchev–Trinajstić information content (AvgIpc) is 3.29. The van der Waals surface area contributed by atoms with Crippen LogP contribution in [0.4, 0.5) is 5.69 Å². The van der Waals surface area contributed by atoms with Crippen molar-refractivity contribution in [2.75, 3.05) is 12.4 Å². The molecule has 0 aliphatic carbocycles. The Balaban J connectivity index is 1.54. The van der Waals surface area contributed by atoms with Gasteiger partial charge in [0.15, 0.2) is 0 Å². The Morgan fingerprint density at radius 2 is 2.00 bits per heavy atom. The van der Waals surface area contributed by atoms with Crippen LogP contribution in [0.3, 0.4) is 0 Å². The van der Waals surface area contributed by atoms with Gasteiger partial charge in [-0.05, 0) is 36.1 Å². The number of ether oxygens (including phenoxy) is 2. The van der Waals surface area contributed by atoms with E-state index in [0.29, 0.717) is 27.0 Å². The molecule has 3 aromatic rings. The number of carbonyl (C=O) groups excluding carboxylic acids is 2. The number of nitrogens with zero attached hydrogens (tertiary/aromatic N) is 1. The molecule has 27 heavy (non-hydrogen) atoms. The Labute approximate surface area is 164 Å². The monoisotopic (exact) mass is 402 g/mol. The van der Waals surface area contributed by atoms with Crippen molar-refractivity contribution in [2.24, 2.45) is 0 Å². The van der Waals surface area contributed by atoms with Crippen molar-refractivity contribution in [3.8, 4) is 5.75 Å². The standard InChI is InChI=1S/C19H18N2O4S2/c1-12-7-8-26-18(12)19(23)25-10-13-11-27-17(20-13)9-16(22)21-14-5-3-4-6-15(14)24-2/h3-8,11H,9-10H2,1-2H3,(H,21,22). The number of thiophene rings is 1. The Bertz CT molecular complexity index is 949. The molecule has 8 heteroatoms. The highest BCUT2D eigenvalue weighted by atomic mass is 32.1. The summed E-state index contributed by atoms with van der Waals surface area (Å²) in [7, 11) is 1.55. The zero-order chi connectivity index (χ0) is 19.2. The molecule has 0 spiro atoms. The third-order valence-electron chi connectivity index (χ3n) is 3.69. The summed E-state index contributed by atoms with van der Waals surface area (Å²) in [6.07, 6.45) is 0.140. The van der Waals surface area contributed by atoms with Crippen LogP contribution in [-0.4, -0.2) is 24.0 Å². The van der Waals surface area contributed by atoms with E-state index in [1.54, 1.807) is 24.6 Å². The number of carbonyl (C=O) groups is 2. The lowest BCUT2D eigenvalue weighted by Crippen LogP contribution is -2.15. The molecule has 0 saturated heterocycles. The molecule has 1 amide bonds. The molecule has 2 aromatic heterocycles. The molecule has 1 N–H and O–H groups in total. The van der Waals surface area contributed by atoms with E-state index in [4.69, 9.17) is 9.47 Å². The largest absolute Gasteiger partial charge is 0.495 e. The minimum atomic E-state index is -0.356. The van der Waals surface area contributed by atoms with Gasteiger partial charge < -0.3 is 14.8 Å². The number of esters is 1. The van der Waals surface area contributed by atoms with Crippen LogP contribution >= 0.6 is 22.7 Å². The second-order valence-electron chi connectivity index (χ2n) is 5.67. The summed E-state index contributed by atoms with van der Waals surface area (Å²) in [5, 5.41) is 7.11. The number of aryl methyl sites for hydroxylation is 1.